The van der Waals surface area contributed by atoms with Crippen molar-refractivity contribution in [1.82, 2.24) is 0 Å². The number of esters is 2. The maximum atomic E-state index is 11.6. The molecule has 0 saturated heterocycles. The Morgan fingerprint density at radius 3 is 2.56 bits per heavy atom. The van der Waals surface area contributed by atoms with Crippen molar-refractivity contribution in [3.05, 3.63) is 23.3 Å². The Hall–Kier alpha value is -2.24. The maximum absolute atomic E-state index is 11.6. The lowest BCUT2D eigenvalue weighted by Gasteiger charge is -2.19. The summed E-state index contributed by atoms with van der Waals surface area (Å²) in [5, 5.41) is 0. The second-order valence-electron chi connectivity index (χ2n) is 6.24. The first kappa shape index (κ1) is 19.1. The van der Waals surface area contributed by atoms with Crippen LogP contribution in [0.4, 0.5) is 5.69 Å². The van der Waals surface area contributed by atoms with E-state index >= 15 is 0 Å². The lowest BCUT2D eigenvalue weighted by Crippen LogP contribution is -2.14. The molecule has 1 aromatic carbocycles. The number of hydrogen-bond acceptors (Lipinski definition) is 6. The first-order chi connectivity index (χ1) is 12.0. The van der Waals surface area contributed by atoms with Crippen LogP contribution in [0, 0.1) is 0 Å². The van der Waals surface area contributed by atoms with Gasteiger partial charge in [-0.15, -0.1) is 0 Å². The van der Waals surface area contributed by atoms with Gasteiger partial charge in [0.15, 0.2) is 6.61 Å². The minimum atomic E-state index is -0.428. The third-order valence-electron chi connectivity index (χ3n) is 4.54. The van der Waals surface area contributed by atoms with Gasteiger partial charge in [0.05, 0.1) is 13.7 Å². The molecule has 25 heavy (non-hydrogen) atoms. The fourth-order valence-electron chi connectivity index (χ4n) is 3.22. The quantitative estimate of drug-likeness (QED) is 0.573. The van der Waals surface area contributed by atoms with E-state index in [-0.39, 0.29) is 12.6 Å². The zero-order chi connectivity index (χ0) is 18.2. The number of carbonyl (C=O) groups excluding carboxylic acids is 2. The standard InChI is InChI=1S/C19H27NO5/c1-3-24-18(21)9-8-14-10-15(13-6-4-5-7-13)17(11-16(14)20)25-12-19(22)23-2/h10-11,13H,3-9,12,20H2,1-2H3. The molecule has 0 heterocycles. The normalized spacial score (nSPS) is 14.3. The number of ether oxygens (including phenoxy) is 3. The average molecular weight is 349 g/mol. The van der Waals surface area contributed by atoms with Gasteiger partial charge in [-0.1, -0.05) is 12.8 Å². The van der Waals surface area contributed by atoms with Crippen LogP contribution in [0.2, 0.25) is 0 Å². The van der Waals surface area contributed by atoms with Crippen molar-refractivity contribution in [3.8, 4) is 5.75 Å². The summed E-state index contributed by atoms with van der Waals surface area (Å²) in [6.45, 7) is 2.03. The number of rotatable bonds is 8. The van der Waals surface area contributed by atoms with Gasteiger partial charge in [0.1, 0.15) is 5.75 Å². The molecule has 0 aliphatic heterocycles. The van der Waals surface area contributed by atoms with Crippen LogP contribution in [-0.4, -0.2) is 32.3 Å². The van der Waals surface area contributed by atoms with E-state index in [2.05, 4.69) is 4.74 Å². The smallest absolute Gasteiger partial charge is 0.343 e. The number of anilines is 1. The van der Waals surface area contributed by atoms with Crippen molar-refractivity contribution in [1.29, 1.82) is 0 Å². The van der Waals surface area contributed by atoms with Gasteiger partial charge in [0.2, 0.25) is 0 Å². The summed E-state index contributed by atoms with van der Waals surface area (Å²) in [5.41, 5.74) is 8.68. The molecule has 2 N–H and O–H groups in total. The first-order valence-electron chi connectivity index (χ1n) is 8.82. The first-order valence-corrected chi connectivity index (χ1v) is 8.82. The van der Waals surface area contributed by atoms with Crippen LogP contribution in [0.5, 0.6) is 5.75 Å². The topological polar surface area (TPSA) is 87.8 Å². The van der Waals surface area contributed by atoms with Crippen LogP contribution >= 0.6 is 0 Å². The highest BCUT2D eigenvalue weighted by Crippen LogP contribution is 2.40. The van der Waals surface area contributed by atoms with Crippen molar-refractivity contribution < 1.29 is 23.8 Å². The summed E-state index contributed by atoms with van der Waals surface area (Å²) < 4.78 is 15.3. The Kier molecular flexibility index (Phi) is 7.10. The minimum absolute atomic E-state index is 0.141. The van der Waals surface area contributed by atoms with Crippen LogP contribution in [0.25, 0.3) is 0 Å². The van der Waals surface area contributed by atoms with Gasteiger partial charge in [-0.25, -0.2) is 4.79 Å². The number of benzene rings is 1. The predicted octanol–water partition coefficient (Wildman–Crippen LogP) is 2.97. The summed E-state index contributed by atoms with van der Waals surface area (Å²) >= 11 is 0. The molecular formula is C19H27NO5. The minimum Gasteiger partial charge on any atom is -0.482 e. The van der Waals surface area contributed by atoms with E-state index in [1.54, 1.807) is 13.0 Å². The van der Waals surface area contributed by atoms with Crippen molar-refractivity contribution in [3.63, 3.8) is 0 Å². The van der Waals surface area contributed by atoms with Gasteiger partial charge in [-0.3, -0.25) is 4.79 Å². The van der Waals surface area contributed by atoms with Crippen LogP contribution in [-0.2, 0) is 25.5 Å². The summed E-state index contributed by atoms with van der Waals surface area (Å²) in [4.78, 5) is 23.0. The highest BCUT2D eigenvalue weighted by atomic mass is 16.6. The van der Waals surface area contributed by atoms with Gasteiger partial charge in [-0.2, -0.15) is 0 Å². The molecule has 1 aliphatic carbocycles. The summed E-state index contributed by atoms with van der Waals surface area (Å²) in [7, 11) is 1.33. The number of methoxy groups -OCH3 is 1. The zero-order valence-electron chi connectivity index (χ0n) is 15.0. The molecule has 0 amide bonds. The van der Waals surface area contributed by atoms with Crippen molar-refractivity contribution >= 4 is 17.6 Å². The third kappa shape index (κ3) is 5.37. The number of hydrogen-bond donors (Lipinski definition) is 1. The summed E-state index contributed by atoms with van der Waals surface area (Å²) in [5.74, 6) is 0.377. The molecule has 0 bridgehead atoms. The molecule has 6 nitrogen and oxygen atoms in total. The molecule has 0 spiro atoms. The Morgan fingerprint density at radius 2 is 1.92 bits per heavy atom. The number of nitrogens with two attached hydrogens (primary N) is 1. The van der Waals surface area contributed by atoms with E-state index in [9.17, 15) is 9.59 Å². The second kappa shape index (κ2) is 9.30. The summed E-state index contributed by atoms with van der Waals surface area (Å²) in [6, 6.07) is 3.79. The second-order valence-corrected chi connectivity index (χ2v) is 6.24. The van der Waals surface area contributed by atoms with E-state index in [1.165, 1.54) is 20.0 Å². The van der Waals surface area contributed by atoms with E-state index in [4.69, 9.17) is 15.2 Å². The highest BCUT2D eigenvalue weighted by molar-refractivity contribution is 5.71. The van der Waals surface area contributed by atoms with Crippen LogP contribution in [0.15, 0.2) is 12.1 Å². The molecule has 0 atom stereocenters. The average Bonchev–Trinajstić information content (AvgIpc) is 3.13. The Bertz CT molecular complexity index is 608. The molecule has 1 fully saturated rings. The lowest BCUT2D eigenvalue weighted by atomic mass is 9.93. The monoisotopic (exact) mass is 349 g/mol. The van der Waals surface area contributed by atoms with E-state index in [1.807, 2.05) is 6.07 Å². The molecule has 1 aromatic rings. The van der Waals surface area contributed by atoms with Crippen LogP contribution in [0.1, 0.15) is 56.1 Å². The molecule has 6 heteroatoms. The van der Waals surface area contributed by atoms with Crippen LogP contribution in [0.3, 0.4) is 0 Å². The number of aryl methyl sites for hydroxylation is 1. The van der Waals surface area contributed by atoms with Gasteiger partial charge < -0.3 is 19.9 Å². The van der Waals surface area contributed by atoms with Crippen molar-refractivity contribution in [2.24, 2.45) is 0 Å². The largest absolute Gasteiger partial charge is 0.482 e. The maximum Gasteiger partial charge on any atom is 0.343 e. The fourth-order valence-corrected chi connectivity index (χ4v) is 3.22. The Balaban J connectivity index is 2.19. The molecular weight excluding hydrogens is 322 g/mol. The molecule has 138 valence electrons. The van der Waals surface area contributed by atoms with E-state index in [0.717, 1.165) is 24.0 Å². The molecule has 1 aliphatic rings. The number of carbonyl (C=O) groups is 2. The lowest BCUT2D eigenvalue weighted by molar-refractivity contribution is -0.143. The molecule has 0 aromatic heterocycles. The van der Waals surface area contributed by atoms with Gasteiger partial charge in [-0.05, 0) is 49.3 Å². The predicted molar refractivity (Wildman–Crippen MR) is 94.5 cm³/mol. The van der Waals surface area contributed by atoms with Gasteiger partial charge in [0, 0.05) is 18.2 Å². The third-order valence-corrected chi connectivity index (χ3v) is 4.54. The summed E-state index contributed by atoms with van der Waals surface area (Å²) in [6.07, 6.45) is 5.38. The number of nitrogen functional groups attached to an aromatic ring is 1. The van der Waals surface area contributed by atoms with Gasteiger partial charge in [0.25, 0.3) is 0 Å². The van der Waals surface area contributed by atoms with E-state index < -0.39 is 5.97 Å². The van der Waals surface area contributed by atoms with Crippen molar-refractivity contribution in [2.45, 2.75) is 51.4 Å². The molecule has 1 saturated carbocycles. The zero-order valence-corrected chi connectivity index (χ0v) is 15.0. The van der Waals surface area contributed by atoms with E-state index in [0.29, 0.717) is 36.8 Å². The molecule has 0 unspecified atom stereocenters. The molecule has 0 radical (unpaired) electrons. The Labute approximate surface area is 148 Å². The van der Waals surface area contributed by atoms with Crippen LogP contribution < -0.4 is 10.5 Å². The highest BCUT2D eigenvalue weighted by Gasteiger charge is 2.23. The molecule has 2 rings (SSSR count). The SMILES string of the molecule is CCOC(=O)CCc1cc(C2CCCC2)c(OCC(=O)OC)cc1N. The van der Waals surface area contributed by atoms with Gasteiger partial charge >= 0.3 is 11.9 Å². The Morgan fingerprint density at radius 1 is 1.20 bits per heavy atom. The fraction of sp³-hybridized carbons (Fsp3) is 0.579. The van der Waals surface area contributed by atoms with Crippen molar-refractivity contribution in [2.75, 3.05) is 26.1 Å².